The Morgan fingerprint density at radius 3 is 1.70 bits per heavy atom. The molecule has 1 aromatic rings. The molecular formula is C18H29N5O7. The van der Waals surface area contributed by atoms with Crippen molar-refractivity contribution in [3.63, 3.8) is 0 Å². The Hall–Kier alpha value is -2.90. The van der Waals surface area contributed by atoms with Crippen molar-refractivity contribution in [1.29, 1.82) is 0 Å². The number of primary amides is 1. The van der Waals surface area contributed by atoms with Gasteiger partial charge >= 0.3 is 5.97 Å². The molecule has 1 heterocycles. The third kappa shape index (κ3) is 7.85. The molecule has 1 aliphatic heterocycles. The summed E-state index contributed by atoms with van der Waals surface area (Å²) in [5.41, 5.74) is 4.56. The van der Waals surface area contributed by atoms with E-state index in [-0.39, 0.29) is 11.1 Å². The predicted octanol–water partition coefficient (Wildman–Crippen LogP) is -0.486. The zero-order chi connectivity index (χ0) is 23.6. The van der Waals surface area contributed by atoms with Gasteiger partial charge in [-0.05, 0) is 46.8 Å². The Kier molecular flexibility index (Phi) is 10.8. The van der Waals surface area contributed by atoms with Crippen molar-refractivity contribution in [2.24, 2.45) is 23.3 Å². The Morgan fingerprint density at radius 2 is 1.40 bits per heavy atom. The maximum atomic E-state index is 12.1. The molecule has 0 spiro atoms. The highest BCUT2D eigenvalue weighted by molar-refractivity contribution is 6.20. The van der Waals surface area contributed by atoms with Crippen molar-refractivity contribution in [2.75, 3.05) is 0 Å². The number of carbonyl (C=O) groups excluding carboxylic acids is 4. The number of ether oxygens (including phenoxy) is 1. The van der Waals surface area contributed by atoms with E-state index in [4.69, 9.17) is 15.3 Å². The van der Waals surface area contributed by atoms with Crippen molar-refractivity contribution in [2.45, 2.75) is 52.4 Å². The molecule has 2 unspecified atom stereocenters. The number of carbonyl (C=O) groups is 4. The molecule has 12 nitrogen and oxygen atoms in total. The Morgan fingerprint density at radius 1 is 0.967 bits per heavy atom. The number of amides is 3. The lowest BCUT2D eigenvalue weighted by Gasteiger charge is -2.23. The van der Waals surface area contributed by atoms with E-state index in [9.17, 15) is 19.2 Å². The Bertz CT molecular complexity index is 729. The van der Waals surface area contributed by atoms with E-state index in [1.165, 1.54) is 26.0 Å². The van der Waals surface area contributed by atoms with Gasteiger partial charge in [0.25, 0.3) is 11.8 Å². The van der Waals surface area contributed by atoms with Gasteiger partial charge in [0.05, 0.1) is 11.1 Å². The topological polar surface area (TPSA) is 203 Å². The van der Waals surface area contributed by atoms with Crippen LogP contribution in [0.25, 0.3) is 0 Å². The van der Waals surface area contributed by atoms with Gasteiger partial charge in [-0.3, -0.25) is 30.9 Å². The highest BCUT2D eigenvalue weighted by Gasteiger charge is 2.39. The lowest BCUT2D eigenvalue weighted by atomic mass is 10.1. The molecule has 0 saturated carbocycles. The van der Waals surface area contributed by atoms with Crippen LogP contribution in [0.15, 0.2) is 24.3 Å². The predicted molar refractivity (Wildman–Crippen MR) is 106 cm³/mol. The van der Waals surface area contributed by atoms with E-state index in [2.05, 4.69) is 22.4 Å². The normalized spacial score (nSPS) is 14.5. The number of fused-ring (bicyclic) bond motifs is 1. The number of esters is 1. The fourth-order valence-electron chi connectivity index (χ4n) is 1.92. The van der Waals surface area contributed by atoms with Gasteiger partial charge in [-0.15, -0.1) is 5.06 Å². The number of hydrogen-bond donors (Lipinski definition) is 4. The van der Waals surface area contributed by atoms with E-state index in [0.717, 1.165) is 0 Å². The van der Waals surface area contributed by atoms with E-state index in [1.807, 2.05) is 0 Å². The standard InChI is InChI=1S/C15H17NO5.C3H8N2O2.H4N2/c1-9(14(19)20-15(2,3)4)21-16-12(17)10-7-5-6-8-11(10)13(16)18;1-2(7-5)3(4)6;1-2/h5-9H,1-4H3;2H,5H2,1H3,(H2,4,6);1-2H2. The van der Waals surface area contributed by atoms with Gasteiger partial charge < -0.3 is 10.5 Å². The average molecular weight is 427 g/mol. The first-order valence-electron chi connectivity index (χ1n) is 8.74. The van der Waals surface area contributed by atoms with Crippen LogP contribution in [0.4, 0.5) is 0 Å². The van der Waals surface area contributed by atoms with E-state index in [0.29, 0.717) is 5.06 Å². The number of rotatable bonds is 5. The van der Waals surface area contributed by atoms with Crippen LogP contribution in [0.3, 0.4) is 0 Å². The molecule has 2 atom stereocenters. The van der Waals surface area contributed by atoms with Crippen molar-refractivity contribution in [3.8, 4) is 0 Å². The summed E-state index contributed by atoms with van der Waals surface area (Å²) in [6.07, 6.45) is -1.74. The van der Waals surface area contributed by atoms with E-state index >= 15 is 0 Å². The zero-order valence-corrected chi connectivity index (χ0v) is 17.6. The molecule has 30 heavy (non-hydrogen) atoms. The van der Waals surface area contributed by atoms with Gasteiger partial charge in [0.2, 0.25) is 5.91 Å². The van der Waals surface area contributed by atoms with E-state index < -0.39 is 41.5 Å². The summed E-state index contributed by atoms with van der Waals surface area (Å²) in [7, 11) is 0. The monoisotopic (exact) mass is 427 g/mol. The average Bonchev–Trinajstić information content (AvgIpc) is 2.93. The maximum absolute atomic E-state index is 12.1. The number of nitrogens with two attached hydrogens (primary N) is 4. The van der Waals surface area contributed by atoms with Gasteiger partial charge in [0.1, 0.15) is 5.60 Å². The number of hydrogen-bond acceptors (Lipinski definition) is 10. The van der Waals surface area contributed by atoms with Gasteiger partial charge in [-0.1, -0.05) is 12.1 Å². The molecule has 12 heteroatoms. The van der Waals surface area contributed by atoms with Gasteiger partial charge in [0, 0.05) is 0 Å². The molecule has 1 aromatic carbocycles. The Balaban J connectivity index is 0.000000795. The Labute approximate surface area is 174 Å². The molecule has 0 saturated heterocycles. The molecule has 0 bridgehead atoms. The van der Waals surface area contributed by atoms with Gasteiger partial charge in [-0.2, -0.15) is 0 Å². The summed E-state index contributed by atoms with van der Waals surface area (Å²) < 4.78 is 5.14. The van der Waals surface area contributed by atoms with Crippen molar-refractivity contribution < 1.29 is 33.6 Å². The molecule has 0 aliphatic carbocycles. The second-order valence-electron chi connectivity index (χ2n) is 6.91. The van der Waals surface area contributed by atoms with Crippen LogP contribution in [-0.2, 0) is 24.0 Å². The summed E-state index contributed by atoms with van der Waals surface area (Å²) in [5, 5.41) is 0.610. The molecule has 0 radical (unpaired) electrons. The zero-order valence-electron chi connectivity index (χ0n) is 17.6. The first kappa shape index (κ1) is 27.1. The summed E-state index contributed by atoms with van der Waals surface area (Å²) in [6.45, 7) is 8.07. The first-order chi connectivity index (χ1) is 13.9. The van der Waals surface area contributed by atoms with Gasteiger partial charge in [-0.25, -0.2) is 15.5 Å². The SMILES string of the molecule is CC(ON)C(N)=O.CC(ON1C(=O)c2ccccc2C1=O)C(=O)OC(C)(C)C.NN. The minimum Gasteiger partial charge on any atom is -0.458 e. The molecular weight excluding hydrogens is 398 g/mol. The molecule has 8 N–H and O–H groups in total. The van der Waals surface area contributed by atoms with Crippen LogP contribution in [-0.4, -0.2) is 46.6 Å². The fourth-order valence-corrected chi connectivity index (χ4v) is 1.92. The highest BCUT2D eigenvalue weighted by atomic mass is 16.7. The number of hydrazine groups is 1. The highest BCUT2D eigenvalue weighted by Crippen LogP contribution is 2.23. The number of hydroxylamine groups is 2. The number of benzene rings is 1. The molecule has 2 rings (SSSR count). The molecule has 168 valence electrons. The quantitative estimate of drug-likeness (QED) is 0.205. The van der Waals surface area contributed by atoms with Crippen molar-refractivity contribution in [3.05, 3.63) is 35.4 Å². The summed E-state index contributed by atoms with van der Waals surface area (Å²) in [5.74, 6) is 10.2. The van der Waals surface area contributed by atoms with Crippen molar-refractivity contribution in [1.82, 2.24) is 5.06 Å². The number of nitrogens with zero attached hydrogens (tertiary/aromatic N) is 1. The maximum Gasteiger partial charge on any atom is 0.338 e. The third-order valence-electron chi connectivity index (χ3n) is 3.36. The largest absolute Gasteiger partial charge is 0.458 e. The minimum atomic E-state index is -1.06. The van der Waals surface area contributed by atoms with Gasteiger partial charge in [0.15, 0.2) is 12.2 Å². The minimum absolute atomic E-state index is 0.263. The fraction of sp³-hybridized carbons (Fsp3) is 0.444. The smallest absolute Gasteiger partial charge is 0.338 e. The summed E-state index contributed by atoms with van der Waals surface area (Å²) in [4.78, 5) is 55.2. The van der Waals surface area contributed by atoms with Crippen molar-refractivity contribution >= 4 is 23.7 Å². The van der Waals surface area contributed by atoms with E-state index in [1.54, 1.807) is 32.9 Å². The number of imide groups is 1. The molecule has 1 aliphatic rings. The molecule has 3 amide bonds. The van der Waals surface area contributed by atoms with Crippen LogP contribution >= 0.6 is 0 Å². The van der Waals surface area contributed by atoms with Crippen LogP contribution in [0, 0.1) is 0 Å². The second kappa shape index (κ2) is 11.9. The molecule has 0 aromatic heterocycles. The van der Waals surface area contributed by atoms with Crippen LogP contribution < -0.4 is 23.3 Å². The lowest BCUT2D eigenvalue weighted by Crippen LogP contribution is -2.39. The van der Waals surface area contributed by atoms with Crippen LogP contribution in [0.5, 0.6) is 0 Å². The summed E-state index contributed by atoms with van der Waals surface area (Å²) in [6, 6.07) is 6.39. The third-order valence-corrected chi connectivity index (χ3v) is 3.36. The van der Waals surface area contributed by atoms with Crippen LogP contribution in [0.1, 0.15) is 55.3 Å². The summed E-state index contributed by atoms with van der Waals surface area (Å²) >= 11 is 0. The second-order valence-corrected chi connectivity index (χ2v) is 6.91. The lowest BCUT2D eigenvalue weighted by molar-refractivity contribution is -0.186. The van der Waals surface area contributed by atoms with Crippen LogP contribution in [0.2, 0.25) is 0 Å². The molecule has 0 fully saturated rings. The first-order valence-corrected chi connectivity index (χ1v) is 8.74.